The maximum atomic E-state index is 11.6. The van der Waals surface area contributed by atoms with Gasteiger partial charge in [-0.25, -0.2) is 9.78 Å². The molecule has 0 aliphatic carbocycles. The summed E-state index contributed by atoms with van der Waals surface area (Å²) in [4.78, 5) is 15.4. The number of rotatable bonds is 1. The van der Waals surface area contributed by atoms with Crippen molar-refractivity contribution < 1.29 is 4.79 Å². The van der Waals surface area contributed by atoms with Gasteiger partial charge < -0.3 is 5.32 Å². The number of imidazole rings is 1. The van der Waals surface area contributed by atoms with E-state index in [2.05, 4.69) is 10.3 Å². The molecule has 0 spiro atoms. The molecule has 84 valence electrons. The number of hydrogen-bond acceptors (Lipinski definition) is 3. The first-order valence-electron chi connectivity index (χ1n) is 4.69. The first-order valence-corrected chi connectivity index (χ1v) is 5.07. The van der Waals surface area contributed by atoms with Crippen LogP contribution in [0.2, 0.25) is 5.02 Å². The summed E-state index contributed by atoms with van der Waals surface area (Å²) in [6.07, 6.45) is 4.42. The van der Waals surface area contributed by atoms with Crippen molar-refractivity contribution in [1.29, 1.82) is 5.26 Å². The number of amides is 1. The van der Waals surface area contributed by atoms with Gasteiger partial charge in [-0.05, 0) is 18.2 Å². The maximum Gasteiger partial charge on any atom is 0.331 e. The third kappa shape index (κ3) is 2.44. The van der Waals surface area contributed by atoms with Gasteiger partial charge in [-0.15, -0.1) is 0 Å². The van der Waals surface area contributed by atoms with E-state index in [0.717, 1.165) is 0 Å². The molecule has 1 N–H and O–H groups in total. The molecular formula is C11H7ClN4O. The largest absolute Gasteiger partial charge is 0.331 e. The first-order chi connectivity index (χ1) is 8.20. The zero-order valence-electron chi connectivity index (χ0n) is 8.59. The molecule has 1 aromatic heterocycles. The van der Waals surface area contributed by atoms with Gasteiger partial charge in [0.15, 0.2) is 0 Å². The van der Waals surface area contributed by atoms with Crippen LogP contribution in [0.4, 0.5) is 10.5 Å². The SMILES string of the molecule is N#Cc1ccc(NC(=O)n2ccnc2)cc1Cl. The smallest absolute Gasteiger partial charge is 0.307 e. The van der Waals surface area contributed by atoms with E-state index < -0.39 is 0 Å². The number of carbonyl (C=O) groups is 1. The topological polar surface area (TPSA) is 70.7 Å². The maximum absolute atomic E-state index is 11.6. The van der Waals surface area contributed by atoms with E-state index in [9.17, 15) is 4.79 Å². The molecule has 0 fully saturated rings. The molecule has 1 heterocycles. The fraction of sp³-hybridized carbons (Fsp3) is 0. The number of nitrogens with zero attached hydrogens (tertiary/aromatic N) is 3. The van der Waals surface area contributed by atoms with Crippen molar-refractivity contribution in [1.82, 2.24) is 9.55 Å². The summed E-state index contributed by atoms with van der Waals surface area (Å²) in [5.41, 5.74) is 0.889. The molecule has 1 aromatic carbocycles. The molecule has 0 saturated carbocycles. The second kappa shape index (κ2) is 4.68. The molecule has 1 amide bonds. The average Bonchev–Trinajstić information content (AvgIpc) is 2.82. The van der Waals surface area contributed by atoms with Gasteiger partial charge in [0.25, 0.3) is 0 Å². The lowest BCUT2D eigenvalue weighted by molar-refractivity contribution is 0.253. The number of carbonyl (C=O) groups excluding carboxylic acids is 1. The number of nitrogens with one attached hydrogen (secondary N) is 1. The van der Waals surface area contributed by atoms with Crippen molar-refractivity contribution >= 4 is 23.3 Å². The minimum absolute atomic E-state index is 0.302. The molecule has 6 heteroatoms. The molecule has 0 atom stereocenters. The van der Waals surface area contributed by atoms with E-state index >= 15 is 0 Å². The van der Waals surface area contributed by atoms with Gasteiger partial charge in [0.05, 0.1) is 10.6 Å². The van der Waals surface area contributed by atoms with Crippen LogP contribution in [0.25, 0.3) is 0 Å². The van der Waals surface area contributed by atoms with Gasteiger partial charge in [-0.1, -0.05) is 11.6 Å². The van der Waals surface area contributed by atoms with Crippen molar-refractivity contribution in [3.63, 3.8) is 0 Å². The molecule has 0 aliphatic heterocycles. The lowest BCUT2D eigenvalue weighted by Crippen LogP contribution is -2.17. The Balaban J connectivity index is 2.18. The highest BCUT2D eigenvalue weighted by Gasteiger charge is 2.06. The van der Waals surface area contributed by atoms with Crippen molar-refractivity contribution in [2.75, 3.05) is 5.32 Å². The van der Waals surface area contributed by atoms with Gasteiger partial charge in [-0.3, -0.25) is 4.57 Å². The highest BCUT2D eigenvalue weighted by atomic mass is 35.5. The molecule has 5 nitrogen and oxygen atoms in total. The van der Waals surface area contributed by atoms with Crippen LogP contribution in [0.15, 0.2) is 36.9 Å². The second-order valence-electron chi connectivity index (χ2n) is 3.21. The lowest BCUT2D eigenvalue weighted by atomic mass is 10.2. The van der Waals surface area contributed by atoms with Crippen LogP contribution < -0.4 is 5.32 Å². The Morgan fingerprint density at radius 1 is 1.53 bits per heavy atom. The van der Waals surface area contributed by atoms with E-state index in [1.165, 1.54) is 29.4 Å². The minimum atomic E-state index is -0.344. The van der Waals surface area contributed by atoms with E-state index in [1.807, 2.05) is 6.07 Å². The molecule has 0 unspecified atom stereocenters. The van der Waals surface area contributed by atoms with Gasteiger partial charge >= 0.3 is 6.03 Å². The Kier molecular flexibility index (Phi) is 3.08. The molecule has 0 aliphatic rings. The van der Waals surface area contributed by atoms with Crippen LogP contribution in [-0.2, 0) is 0 Å². The average molecular weight is 247 g/mol. The highest BCUT2D eigenvalue weighted by Crippen LogP contribution is 2.20. The fourth-order valence-corrected chi connectivity index (χ4v) is 1.47. The quantitative estimate of drug-likeness (QED) is 0.840. The predicted molar refractivity (Wildman–Crippen MR) is 62.8 cm³/mol. The third-order valence-electron chi connectivity index (χ3n) is 2.08. The van der Waals surface area contributed by atoms with E-state index in [1.54, 1.807) is 12.1 Å². The van der Waals surface area contributed by atoms with Gasteiger partial charge in [0.1, 0.15) is 12.4 Å². The highest BCUT2D eigenvalue weighted by molar-refractivity contribution is 6.32. The summed E-state index contributed by atoms with van der Waals surface area (Å²) < 4.78 is 1.30. The number of benzene rings is 1. The van der Waals surface area contributed by atoms with Crippen LogP contribution in [0, 0.1) is 11.3 Å². The van der Waals surface area contributed by atoms with E-state index in [4.69, 9.17) is 16.9 Å². The van der Waals surface area contributed by atoms with Crippen molar-refractivity contribution in [3.8, 4) is 6.07 Å². The van der Waals surface area contributed by atoms with Crippen LogP contribution in [0.3, 0.4) is 0 Å². The van der Waals surface area contributed by atoms with Crippen LogP contribution in [-0.4, -0.2) is 15.6 Å². The van der Waals surface area contributed by atoms with Gasteiger partial charge in [-0.2, -0.15) is 5.26 Å². The van der Waals surface area contributed by atoms with Crippen molar-refractivity contribution in [3.05, 3.63) is 47.5 Å². The summed E-state index contributed by atoms with van der Waals surface area (Å²) >= 11 is 5.84. The second-order valence-corrected chi connectivity index (χ2v) is 3.61. The molecule has 0 radical (unpaired) electrons. The van der Waals surface area contributed by atoms with E-state index in [0.29, 0.717) is 16.3 Å². The zero-order chi connectivity index (χ0) is 12.3. The molecule has 2 aromatic rings. The van der Waals surface area contributed by atoms with Crippen molar-refractivity contribution in [2.45, 2.75) is 0 Å². The number of hydrogen-bond donors (Lipinski definition) is 1. The molecule has 17 heavy (non-hydrogen) atoms. The number of halogens is 1. The summed E-state index contributed by atoms with van der Waals surface area (Å²) in [7, 11) is 0. The summed E-state index contributed by atoms with van der Waals surface area (Å²) in [5.74, 6) is 0. The summed E-state index contributed by atoms with van der Waals surface area (Å²) in [6.45, 7) is 0. The van der Waals surface area contributed by atoms with Gasteiger partial charge in [0, 0.05) is 18.1 Å². The van der Waals surface area contributed by atoms with Crippen LogP contribution in [0.5, 0.6) is 0 Å². The zero-order valence-corrected chi connectivity index (χ0v) is 9.35. The molecule has 0 saturated heterocycles. The predicted octanol–water partition coefficient (Wildman–Crippen LogP) is 2.49. The molecule has 2 rings (SSSR count). The lowest BCUT2D eigenvalue weighted by Gasteiger charge is -2.05. The van der Waals surface area contributed by atoms with Crippen molar-refractivity contribution in [2.24, 2.45) is 0 Å². The van der Waals surface area contributed by atoms with E-state index in [-0.39, 0.29) is 6.03 Å². The first kappa shape index (κ1) is 11.2. The molecular weight excluding hydrogens is 240 g/mol. The Hall–Kier alpha value is -2.32. The standard InChI is InChI=1S/C11H7ClN4O/c12-10-5-9(2-1-8(10)6-13)15-11(17)16-4-3-14-7-16/h1-5,7H,(H,15,17). The normalized spacial score (nSPS) is 9.65. The number of aromatic nitrogens is 2. The summed E-state index contributed by atoms with van der Waals surface area (Å²) in [6, 6.07) is 6.28. The number of anilines is 1. The Labute approximate surface area is 102 Å². The number of nitriles is 1. The fourth-order valence-electron chi connectivity index (χ4n) is 1.25. The summed E-state index contributed by atoms with van der Waals surface area (Å²) in [5, 5.41) is 11.6. The minimum Gasteiger partial charge on any atom is -0.307 e. The Morgan fingerprint density at radius 2 is 2.35 bits per heavy atom. The molecule has 0 bridgehead atoms. The van der Waals surface area contributed by atoms with Crippen LogP contribution in [0.1, 0.15) is 5.56 Å². The van der Waals surface area contributed by atoms with Gasteiger partial charge in [0.2, 0.25) is 0 Å². The monoisotopic (exact) mass is 246 g/mol. The third-order valence-corrected chi connectivity index (χ3v) is 2.39. The Morgan fingerprint density at radius 3 is 2.94 bits per heavy atom. The van der Waals surface area contributed by atoms with Crippen LogP contribution >= 0.6 is 11.6 Å². The Bertz CT molecular complexity index is 586.